The third-order valence-corrected chi connectivity index (χ3v) is 9.23. The van der Waals surface area contributed by atoms with Gasteiger partial charge in [-0.1, -0.05) is 30.0 Å². The van der Waals surface area contributed by atoms with Gasteiger partial charge in [0.2, 0.25) is 5.91 Å². The van der Waals surface area contributed by atoms with Crippen molar-refractivity contribution in [1.29, 1.82) is 0 Å². The molecule has 1 aromatic heterocycles. The first-order valence-corrected chi connectivity index (χ1v) is 13.2. The molecular formula is C26H23F3N2O3S2. The van der Waals surface area contributed by atoms with E-state index in [0.717, 1.165) is 42.1 Å². The van der Waals surface area contributed by atoms with E-state index in [1.807, 2.05) is 0 Å². The zero-order valence-electron chi connectivity index (χ0n) is 19.1. The molecular weight excluding hydrogens is 509 g/mol. The second-order valence-corrected chi connectivity index (χ2v) is 12.1. The van der Waals surface area contributed by atoms with Crippen molar-refractivity contribution in [3.05, 3.63) is 52.6 Å². The number of nitrogens with one attached hydrogen (secondary N) is 1. The van der Waals surface area contributed by atoms with Gasteiger partial charge in [-0.25, -0.2) is 0 Å². The predicted molar refractivity (Wildman–Crippen MR) is 133 cm³/mol. The molecule has 1 N–H and O–H groups in total. The van der Waals surface area contributed by atoms with Crippen molar-refractivity contribution in [2.24, 2.45) is 23.2 Å². The first-order valence-electron chi connectivity index (χ1n) is 12.0. The van der Waals surface area contributed by atoms with E-state index in [9.17, 15) is 22.8 Å². The van der Waals surface area contributed by atoms with Crippen molar-refractivity contribution in [2.75, 3.05) is 0 Å². The van der Waals surface area contributed by atoms with Crippen molar-refractivity contribution in [3.63, 3.8) is 0 Å². The number of halogens is 3. The maximum Gasteiger partial charge on any atom is 0.417 e. The summed E-state index contributed by atoms with van der Waals surface area (Å²) in [5.74, 6) is 1.41. The summed E-state index contributed by atoms with van der Waals surface area (Å²) in [4.78, 5) is 26.7. The first kappa shape index (κ1) is 23.8. The molecule has 1 aliphatic heterocycles. The van der Waals surface area contributed by atoms with Crippen molar-refractivity contribution >= 4 is 46.2 Å². The van der Waals surface area contributed by atoms with Crippen LogP contribution in [0.25, 0.3) is 17.4 Å². The maximum atomic E-state index is 13.4. The Balaban J connectivity index is 1.19. The summed E-state index contributed by atoms with van der Waals surface area (Å²) in [5, 5.41) is 1.12. The number of furan rings is 1. The van der Waals surface area contributed by atoms with E-state index in [-0.39, 0.29) is 32.2 Å². The van der Waals surface area contributed by atoms with Gasteiger partial charge in [-0.05, 0) is 86.7 Å². The summed E-state index contributed by atoms with van der Waals surface area (Å²) < 4.78 is 46.0. The SMILES string of the molecule is O=C1/C(=C\c2ccc(-c3ccccc3C(F)(F)F)o2)SC(=S)N1NC(=O)C12CC3CC(CC(C3)C1)C2. The quantitative estimate of drug-likeness (QED) is 0.364. The van der Waals surface area contributed by atoms with E-state index in [0.29, 0.717) is 17.8 Å². The van der Waals surface area contributed by atoms with E-state index >= 15 is 0 Å². The van der Waals surface area contributed by atoms with Crippen molar-refractivity contribution in [1.82, 2.24) is 10.4 Å². The molecule has 7 rings (SSSR count). The summed E-state index contributed by atoms with van der Waals surface area (Å²) in [7, 11) is 0. The number of thioether (sulfide) groups is 1. The highest BCUT2D eigenvalue weighted by Crippen LogP contribution is 2.60. The largest absolute Gasteiger partial charge is 0.457 e. The molecule has 5 nitrogen and oxygen atoms in total. The molecule has 0 spiro atoms. The minimum absolute atomic E-state index is 0.0415. The van der Waals surface area contributed by atoms with Gasteiger partial charge in [-0.3, -0.25) is 15.0 Å². The van der Waals surface area contributed by atoms with Crippen LogP contribution in [0.1, 0.15) is 49.8 Å². The smallest absolute Gasteiger partial charge is 0.417 e. The molecule has 2 aromatic rings. The number of carbonyl (C=O) groups excluding carboxylic acids is 2. The third-order valence-electron chi connectivity index (χ3n) is 7.93. The average Bonchev–Trinajstić information content (AvgIpc) is 3.38. The van der Waals surface area contributed by atoms with Crippen molar-refractivity contribution in [2.45, 2.75) is 44.7 Å². The topological polar surface area (TPSA) is 62.6 Å². The second kappa shape index (κ2) is 8.48. The number of alkyl halides is 3. The fourth-order valence-corrected chi connectivity index (χ4v) is 7.98. The standard InChI is InChI=1S/C26H23F3N2O3S2/c27-26(28,29)19-4-2-1-3-18(19)20-6-5-17(34-20)10-21-22(32)31(24(35)36-21)30-23(33)25-11-14-7-15(12-25)9-16(8-14)13-25/h1-6,10,14-16H,7-9,11-13H2,(H,30,33)/b21-10+. The lowest BCUT2D eigenvalue weighted by Gasteiger charge is -2.55. The van der Waals surface area contributed by atoms with Crippen LogP contribution in [0.15, 0.2) is 45.7 Å². The first-order chi connectivity index (χ1) is 17.1. The molecule has 5 fully saturated rings. The molecule has 36 heavy (non-hydrogen) atoms. The summed E-state index contributed by atoms with van der Waals surface area (Å²) in [6, 6.07) is 8.10. The van der Waals surface area contributed by atoms with Gasteiger partial charge < -0.3 is 4.42 Å². The van der Waals surface area contributed by atoms with Crippen LogP contribution in [0.5, 0.6) is 0 Å². The molecule has 1 saturated heterocycles. The lowest BCUT2D eigenvalue weighted by atomic mass is 9.49. The van der Waals surface area contributed by atoms with E-state index in [1.54, 1.807) is 0 Å². The van der Waals surface area contributed by atoms with E-state index < -0.39 is 23.1 Å². The summed E-state index contributed by atoms with van der Waals surface area (Å²) in [6.45, 7) is 0. The fourth-order valence-electron chi connectivity index (χ4n) is 6.82. The highest BCUT2D eigenvalue weighted by molar-refractivity contribution is 8.26. The van der Waals surface area contributed by atoms with E-state index in [1.165, 1.54) is 55.7 Å². The Hall–Kier alpha value is -2.59. The Kier molecular flexibility index (Phi) is 5.60. The Morgan fingerprint density at radius 3 is 2.36 bits per heavy atom. The van der Waals surface area contributed by atoms with Gasteiger partial charge >= 0.3 is 6.18 Å². The van der Waals surface area contributed by atoms with Crippen LogP contribution in [0.3, 0.4) is 0 Å². The number of carbonyl (C=O) groups is 2. The Labute approximate surface area is 215 Å². The van der Waals surface area contributed by atoms with Gasteiger partial charge in [0.05, 0.1) is 15.9 Å². The van der Waals surface area contributed by atoms with Gasteiger partial charge in [0, 0.05) is 11.6 Å². The third kappa shape index (κ3) is 4.08. The van der Waals surface area contributed by atoms with E-state index in [2.05, 4.69) is 5.43 Å². The number of rotatable bonds is 4. The molecule has 0 unspecified atom stereocenters. The highest BCUT2D eigenvalue weighted by atomic mass is 32.2. The summed E-state index contributed by atoms with van der Waals surface area (Å²) >= 11 is 6.39. The monoisotopic (exact) mass is 532 g/mol. The number of thiocarbonyl (C=S) groups is 1. The molecule has 4 bridgehead atoms. The Bertz CT molecular complexity index is 1260. The summed E-state index contributed by atoms with van der Waals surface area (Å²) in [6.07, 6.45) is 3.12. The van der Waals surface area contributed by atoms with Crippen LogP contribution < -0.4 is 5.43 Å². The molecule has 10 heteroatoms. The normalized spacial score (nSPS) is 30.5. The maximum absolute atomic E-state index is 13.4. The minimum atomic E-state index is -4.53. The fraction of sp³-hybridized carbons (Fsp3) is 0.423. The van der Waals surface area contributed by atoms with Gasteiger partial charge in [0.25, 0.3) is 5.91 Å². The average molecular weight is 533 g/mol. The molecule has 1 aromatic carbocycles. The number of nitrogens with zero attached hydrogens (tertiary/aromatic N) is 1. The molecule has 188 valence electrons. The molecule has 4 saturated carbocycles. The lowest BCUT2D eigenvalue weighted by molar-refractivity contribution is -0.152. The second-order valence-electron chi connectivity index (χ2n) is 10.4. The van der Waals surface area contributed by atoms with E-state index in [4.69, 9.17) is 16.6 Å². The molecule has 2 amide bonds. The zero-order valence-corrected chi connectivity index (χ0v) is 20.8. The minimum Gasteiger partial charge on any atom is -0.457 e. The Morgan fingerprint density at radius 1 is 1.08 bits per heavy atom. The Morgan fingerprint density at radius 2 is 1.72 bits per heavy atom. The van der Waals surface area contributed by atoms with Crippen LogP contribution in [-0.4, -0.2) is 21.1 Å². The number of hydrogen-bond acceptors (Lipinski definition) is 5. The molecule has 2 heterocycles. The highest BCUT2D eigenvalue weighted by Gasteiger charge is 2.55. The molecule has 5 aliphatic rings. The molecule has 4 aliphatic carbocycles. The lowest BCUT2D eigenvalue weighted by Crippen LogP contribution is -2.57. The van der Waals surface area contributed by atoms with Crippen LogP contribution in [0, 0.1) is 23.2 Å². The number of amides is 2. The molecule has 0 radical (unpaired) electrons. The van der Waals surface area contributed by atoms with Crippen LogP contribution >= 0.6 is 24.0 Å². The number of benzene rings is 1. The van der Waals surface area contributed by atoms with Crippen molar-refractivity contribution < 1.29 is 27.2 Å². The van der Waals surface area contributed by atoms with Crippen LogP contribution in [-0.2, 0) is 15.8 Å². The van der Waals surface area contributed by atoms with Gasteiger partial charge in [0.1, 0.15) is 11.5 Å². The molecule has 0 atom stereocenters. The van der Waals surface area contributed by atoms with Crippen molar-refractivity contribution in [3.8, 4) is 11.3 Å². The predicted octanol–water partition coefficient (Wildman–Crippen LogP) is 6.41. The van der Waals surface area contributed by atoms with Gasteiger partial charge in [-0.2, -0.15) is 18.2 Å². The van der Waals surface area contributed by atoms with Gasteiger partial charge in [-0.15, -0.1) is 0 Å². The number of hydrogen-bond donors (Lipinski definition) is 1. The summed E-state index contributed by atoms with van der Waals surface area (Å²) in [5.41, 5.74) is 1.48. The number of hydrazine groups is 1. The van der Waals surface area contributed by atoms with Crippen LogP contribution in [0.2, 0.25) is 0 Å². The zero-order chi connectivity index (χ0) is 25.2. The van der Waals surface area contributed by atoms with Gasteiger partial charge in [0.15, 0.2) is 4.32 Å². The van der Waals surface area contributed by atoms with Crippen LogP contribution in [0.4, 0.5) is 13.2 Å².